The van der Waals surface area contributed by atoms with Gasteiger partial charge >= 0.3 is 5.97 Å². The zero-order valence-corrected chi connectivity index (χ0v) is 12.0. The number of H-pyrrole nitrogens is 1. The van der Waals surface area contributed by atoms with Gasteiger partial charge in [0.1, 0.15) is 6.07 Å². The van der Waals surface area contributed by atoms with E-state index in [9.17, 15) is 4.79 Å². The lowest BCUT2D eigenvalue weighted by atomic mass is 10.1. The molecule has 0 unspecified atom stereocenters. The number of rotatable bonds is 2. The largest absolute Gasteiger partial charge is 0.464 e. The molecule has 2 heterocycles. The number of nitrogens with two attached hydrogens (primary N) is 1. The van der Waals surface area contributed by atoms with E-state index in [0.717, 1.165) is 22.2 Å². The number of anilines is 1. The number of carbonyl (C=O) groups is 1. The Labute approximate surface area is 125 Å². The first-order valence-corrected chi connectivity index (χ1v) is 6.50. The van der Waals surface area contributed by atoms with Crippen LogP contribution in [0.4, 0.5) is 5.69 Å². The van der Waals surface area contributed by atoms with Gasteiger partial charge in [0, 0.05) is 17.3 Å². The van der Waals surface area contributed by atoms with Gasteiger partial charge in [0.15, 0.2) is 5.69 Å². The fourth-order valence-electron chi connectivity index (χ4n) is 2.45. The molecule has 3 N–H and O–H groups in total. The second-order valence-electron chi connectivity index (χ2n) is 4.87. The topological polar surface area (TPSA) is 110 Å². The van der Waals surface area contributed by atoms with Crippen molar-refractivity contribution in [3.63, 3.8) is 0 Å². The maximum atomic E-state index is 12.0. The molecule has 0 saturated carbocycles. The van der Waals surface area contributed by atoms with Crippen molar-refractivity contribution in [2.75, 3.05) is 12.8 Å². The lowest BCUT2D eigenvalue weighted by Crippen LogP contribution is -2.11. The number of aromatic nitrogens is 3. The molecule has 0 fully saturated rings. The van der Waals surface area contributed by atoms with Crippen LogP contribution < -0.4 is 5.73 Å². The predicted molar refractivity (Wildman–Crippen MR) is 80.6 cm³/mol. The molecule has 7 heteroatoms. The summed E-state index contributed by atoms with van der Waals surface area (Å²) in [7, 11) is 1.28. The molecule has 0 aliphatic heterocycles. The third-order valence-electron chi connectivity index (χ3n) is 3.56. The van der Waals surface area contributed by atoms with Crippen LogP contribution in [0.5, 0.6) is 0 Å². The van der Waals surface area contributed by atoms with Crippen molar-refractivity contribution in [2.45, 2.75) is 6.92 Å². The molecule has 7 nitrogen and oxygen atoms in total. The number of hydrogen-bond acceptors (Lipinski definition) is 5. The van der Waals surface area contributed by atoms with Crippen molar-refractivity contribution in [1.29, 1.82) is 5.26 Å². The minimum atomic E-state index is -0.592. The van der Waals surface area contributed by atoms with Crippen molar-refractivity contribution >= 4 is 22.6 Å². The van der Waals surface area contributed by atoms with E-state index >= 15 is 0 Å². The number of aryl methyl sites for hydroxylation is 1. The summed E-state index contributed by atoms with van der Waals surface area (Å²) in [6.07, 6.45) is 3.23. The second-order valence-corrected chi connectivity index (χ2v) is 4.87. The maximum Gasteiger partial charge on any atom is 0.357 e. The Balaban J connectivity index is 2.32. The van der Waals surface area contributed by atoms with E-state index in [1.165, 1.54) is 13.3 Å². The summed E-state index contributed by atoms with van der Waals surface area (Å²) in [5.41, 5.74) is 8.93. The van der Waals surface area contributed by atoms with Gasteiger partial charge in [0.05, 0.1) is 30.1 Å². The minimum absolute atomic E-state index is 0.112. The Bertz CT molecular complexity index is 929. The SMILES string of the molecule is COC(=O)c1c(N)c(C#N)cn1-c1cc2cn[nH]c2cc1C. The number of fused-ring (bicyclic) bond motifs is 1. The summed E-state index contributed by atoms with van der Waals surface area (Å²) < 4.78 is 6.37. The third-order valence-corrected chi connectivity index (χ3v) is 3.56. The van der Waals surface area contributed by atoms with Crippen molar-refractivity contribution in [1.82, 2.24) is 14.8 Å². The molecular formula is C15H13N5O2. The normalized spacial score (nSPS) is 10.6. The number of carbonyl (C=O) groups excluding carboxylic acids is 1. The number of nitrogen functional groups attached to an aromatic ring is 1. The van der Waals surface area contributed by atoms with Gasteiger partial charge in [0.2, 0.25) is 0 Å². The third kappa shape index (κ3) is 1.90. The Morgan fingerprint density at radius 3 is 2.95 bits per heavy atom. The number of methoxy groups -OCH3 is 1. The lowest BCUT2D eigenvalue weighted by Gasteiger charge is -2.11. The van der Waals surface area contributed by atoms with E-state index in [2.05, 4.69) is 10.2 Å². The standard InChI is InChI=1S/C15H13N5O2/c1-8-3-11-9(6-18-19-11)4-12(8)20-7-10(5-16)13(17)14(20)15(21)22-2/h3-4,6-7H,17H2,1-2H3,(H,18,19). The average Bonchev–Trinajstić information content (AvgIpc) is 3.09. The van der Waals surface area contributed by atoms with Crippen molar-refractivity contribution in [3.05, 3.63) is 41.3 Å². The minimum Gasteiger partial charge on any atom is -0.464 e. The second kappa shape index (κ2) is 4.93. The van der Waals surface area contributed by atoms with Crippen LogP contribution >= 0.6 is 0 Å². The summed E-state index contributed by atoms with van der Waals surface area (Å²) >= 11 is 0. The molecule has 0 bridgehead atoms. The number of benzene rings is 1. The van der Waals surface area contributed by atoms with Gasteiger partial charge in [-0.25, -0.2) is 4.79 Å². The van der Waals surface area contributed by atoms with E-state index in [1.807, 2.05) is 25.1 Å². The van der Waals surface area contributed by atoms with Crippen LogP contribution in [0, 0.1) is 18.3 Å². The fourth-order valence-corrected chi connectivity index (χ4v) is 2.45. The summed E-state index contributed by atoms with van der Waals surface area (Å²) in [4.78, 5) is 12.0. The molecule has 0 aliphatic rings. The van der Waals surface area contributed by atoms with E-state index in [-0.39, 0.29) is 16.9 Å². The van der Waals surface area contributed by atoms with Crippen molar-refractivity contribution in [3.8, 4) is 11.8 Å². The number of nitrogens with one attached hydrogen (secondary N) is 1. The highest BCUT2D eigenvalue weighted by Gasteiger charge is 2.22. The molecular weight excluding hydrogens is 282 g/mol. The molecule has 0 aliphatic carbocycles. The highest BCUT2D eigenvalue weighted by atomic mass is 16.5. The number of hydrogen-bond donors (Lipinski definition) is 2. The Hall–Kier alpha value is -3.27. The average molecular weight is 295 g/mol. The van der Waals surface area contributed by atoms with Crippen LogP contribution in [-0.2, 0) is 4.74 Å². The quantitative estimate of drug-likeness (QED) is 0.702. The molecule has 3 aromatic rings. The summed E-state index contributed by atoms with van der Waals surface area (Å²) in [5, 5.41) is 16.9. The number of aromatic amines is 1. The predicted octanol–water partition coefficient (Wildman–Crippen LogP) is 1.90. The Morgan fingerprint density at radius 2 is 2.27 bits per heavy atom. The number of ether oxygens (including phenoxy) is 1. The zero-order valence-electron chi connectivity index (χ0n) is 12.0. The van der Waals surface area contributed by atoms with E-state index in [1.54, 1.807) is 10.8 Å². The smallest absolute Gasteiger partial charge is 0.357 e. The van der Waals surface area contributed by atoms with Gasteiger partial charge in [-0.05, 0) is 24.6 Å². The summed E-state index contributed by atoms with van der Waals surface area (Å²) in [5.74, 6) is -0.592. The molecule has 22 heavy (non-hydrogen) atoms. The van der Waals surface area contributed by atoms with Gasteiger partial charge in [-0.3, -0.25) is 5.10 Å². The summed E-state index contributed by atoms with van der Waals surface area (Å²) in [6, 6.07) is 5.78. The zero-order chi connectivity index (χ0) is 15.9. The van der Waals surface area contributed by atoms with Crippen LogP contribution in [0.25, 0.3) is 16.6 Å². The van der Waals surface area contributed by atoms with E-state index in [0.29, 0.717) is 0 Å². The number of esters is 1. The molecule has 2 aromatic heterocycles. The van der Waals surface area contributed by atoms with Crippen LogP contribution in [0.15, 0.2) is 24.5 Å². The lowest BCUT2D eigenvalue weighted by molar-refractivity contribution is 0.0593. The highest BCUT2D eigenvalue weighted by Crippen LogP contribution is 2.28. The highest BCUT2D eigenvalue weighted by molar-refractivity contribution is 5.96. The van der Waals surface area contributed by atoms with E-state index < -0.39 is 5.97 Å². The monoisotopic (exact) mass is 295 g/mol. The van der Waals surface area contributed by atoms with Gasteiger partial charge < -0.3 is 15.0 Å². The first-order valence-electron chi connectivity index (χ1n) is 6.50. The van der Waals surface area contributed by atoms with E-state index in [4.69, 9.17) is 15.7 Å². The van der Waals surface area contributed by atoms with Gasteiger partial charge in [-0.2, -0.15) is 10.4 Å². The van der Waals surface area contributed by atoms with Crippen LogP contribution in [-0.4, -0.2) is 27.8 Å². The van der Waals surface area contributed by atoms with Crippen LogP contribution in [0.2, 0.25) is 0 Å². The molecule has 0 spiro atoms. The maximum absolute atomic E-state index is 12.0. The van der Waals surface area contributed by atoms with Gasteiger partial charge in [0.25, 0.3) is 0 Å². The number of nitrogens with zero attached hydrogens (tertiary/aromatic N) is 3. The molecule has 0 amide bonds. The Kier molecular flexibility index (Phi) is 3.07. The first-order chi connectivity index (χ1) is 10.6. The van der Waals surface area contributed by atoms with Gasteiger partial charge in [-0.15, -0.1) is 0 Å². The molecule has 0 radical (unpaired) electrons. The van der Waals surface area contributed by atoms with Crippen molar-refractivity contribution in [2.24, 2.45) is 0 Å². The van der Waals surface area contributed by atoms with Crippen molar-refractivity contribution < 1.29 is 9.53 Å². The molecule has 1 aromatic carbocycles. The molecule has 0 saturated heterocycles. The molecule has 3 rings (SSSR count). The van der Waals surface area contributed by atoms with Crippen LogP contribution in [0.3, 0.4) is 0 Å². The first kappa shape index (κ1) is 13.7. The summed E-state index contributed by atoms with van der Waals surface area (Å²) in [6.45, 7) is 1.90. The molecule has 110 valence electrons. The Morgan fingerprint density at radius 1 is 1.50 bits per heavy atom. The van der Waals surface area contributed by atoms with Gasteiger partial charge in [-0.1, -0.05) is 0 Å². The number of nitriles is 1. The molecule has 0 atom stereocenters. The van der Waals surface area contributed by atoms with Crippen LogP contribution in [0.1, 0.15) is 21.6 Å². The fraction of sp³-hybridized carbons (Fsp3) is 0.133.